The maximum Gasteiger partial charge on any atom is 0.142 e. The Morgan fingerprint density at radius 1 is 1.50 bits per heavy atom. The van der Waals surface area contributed by atoms with Crippen molar-refractivity contribution in [3.05, 3.63) is 23.8 Å². The molecule has 2 N–H and O–H groups in total. The quantitative estimate of drug-likeness (QED) is 0.840. The van der Waals surface area contributed by atoms with E-state index < -0.39 is 0 Å². The monoisotopic (exact) mass is 248 g/mol. The third-order valence-corrected chi connectivity index (χ3v) is 3.24. The first-order valence-electron chi connectivity index (χ1n) is 6.96. The second-order valence-corrected chi connectivity index (χ2v) is 5.20. The zero-order chi connectivity index (χ0) is 13.0. The van der Waals surface area contributed by atoms with Crippen LogP contribution in [-0.4, -0.2) is 25.2 Å². The van der Waals surface area contributed by atoms with E-state index in [-0.39, 0.29) is 6.10 Å². The Balaban J connectivity index is 1.98. The molecule has 2 unspecified atom stereocenters. The summed E-state index contributed by atoms with van der Waals surface area (Å²) >= 11 is 0. The molecule has 0 saturated heterocycles. The van der Waals surface area contributed by atoms with Gasteiger partial charge in [-0.25, -0.2) is 0 Å². The van der Waals surface area contributed by atoms with E-state index in [2.05, 4.69) is 49.6 Å². The lowest BCUT2D eigenvalue weighted by atomic mass is 10.1. The number of fused-ring (bicyclic) bond motifs is 1. The highest BCUT2D eigenvalue weighted by Crippen LogP contribution is 2.30. The fraction of sp³-hybridized carbons (Fsp3) is 0.600. The van der Waals surface area contributed by atoms with Crippen molar-refractivity contribution in [1.82, 2.24) is 5.32 Å². The van der Waals surface area contributed by atoms with Crippen LogP contribution in [0.4, 0.5) is 5.69 Å². The van der Waals surface area contributed by atoms with Crippen molar-refractivity contribution >= 4 is 5.69 Å². The summed E-state index contributed by atoms with van der Waals surface area (Å²) in [6, 6.07) is 6.99. The van der Waals surface area contributed by atoms with Gasteiger partial charge in [0, 0.05) is 6.04 Å². The van der Waals surface area contributed by atoms with Crippen molar-refractivity contribution in [3.8, 4) is 5.75 Å². The minimum absolute atomic E-state index is 0.258. The van der Waals surface area contributed by atoms with Gasteiger partial charge >= 0.3 is 0 Å². The van der Waals surface area contributed by atoms with Gasteiger partial charge < -0.3 is 15.4 Å². The fourth-order valence-corrected chi connectivity index (χ4v) is 2.27. The molecule has 1 heterocycles. The van der Waals surface area contributed by atoms with E-state index in [1.807, 2.05) is 0 Å². The van der Waals surface area contributed by atoms with Gasteiger partial charge in [-0.15, -0.1) is 0 Å². The van der Waals surface area contributed by atoms with Gasteiger partial charge in [0.2, 0.25) is 0 Å². The van der Waals surface area contributed by atoms with Gasteiger partial charge in [0.1, 0.15) is 11.9 Å². The summed E-state index contributed by atoms with van der Waals surface area (Å²) in [5, 5.41) is 6.94. The molecule has 1 aromatic carbocycles. The van der Waals surface area contributed by atoms with Crippen LogP contribution in [0.3, 0.4) is 0 Å². The summed E-state index contributed by atoms with van der Waals surface area (Å²) < 4.78 is 5.78. The number of rotatable bonds is 5. The van der Waals surface area contributed by atoms with Crippen molar-refractivity contribution in [3.63, 3.8) is 0 Å². The number of hydrogen-bond donors (Lipinski definition) is 2. The molecule has 0 aromatic heterocycles. The van der Waals surface area contributed by atoms with E-state index in [0.29, 0.717) is 6.04 Å². The minimum atomic E-state index is 0.258. The first kappa shape index (κ1) is 13.2. The number of nitrogens with one attached hydrogen (secondary N) is 2. The maximum atomic E-state index is 5.78. The zero-order valence-electron chi connectivity index (χ0n) is 11.6. The molecule has 0 saturated carbocycles. The molecule has 2 rings (SSSR count). The van der Waals surface area contributed by atoms with Crippen LogP contribution in [0.15, 0.2) is 18.2 Å². The van der Waals surface area contributed by atoms with E-state index in [9.17, 15) is 0 Å². The molecular formula is C15H24N2O. The van der Waals surface area contributed by atoms with Gasteiger partial charge in [0.05, 0.1) is 12.2 Å². The largest absolute Gasteiger partial charge is 0.487 e. The Kier molecular flexibility index (Phi) is 4.48. The molecule has 18 heavy (non-hydrogen) atoms. The first-order valence-corrected chi connectivity index (χ1v) is 6.96. The molecule has 0 fully saturated rings. The molecule has 0 aliphatic carbocycles. The van der Waals surface area contributed by atoms with Crippen molar-refractivity contribution in [2.45, 2.75) is 45.8 Å². The summed E-state index contributed by atoms with van der Waals surface area (Å²) in [6.45, 7) is 8.49. The predicted octanol–water partition coefficient (Wildman–Crippen LogP) is 2.81. The lowest BCUT2D eigenvalue weighted by Gasteiger charge is -2.25. The second-order valence-electron chi connectivity index (χ2n) is 5.20. The number of ether oxygens (including phenoxy) is 1. The molecular weight excluding hydrogens is 224 g/mol. The van der Waals surface area contributed by atoms with Gasteiger partial charge in [0.25, 0.3) is 0 Å². The van der Waals surface area contributed by atoms with Gasteiger partial charge in [-0.3, -0.25) is 0 Å². The van der Waals surface area contributed by atoms with Crippen LogP contribution in [0.5, 0.6) is 5.75 Å². The van der Waals surface area contributed by atoms with Crippen LogP contribution in [-0.2, 0) is 6.42 Å². The molecule has 0 amide bonds. The molecule has 1 aromatic rings. The Bertz CT molecular complexity index is 392. The molecule has 0 spiro atoms. The van der Waals surface area contributed by atoms with Crippen molar-refractivity contribution in [2.24, 2.45) is 0 Å². The summed E-state index contributed by atoms with van der Waals surface area (Å²) in [4.78, 5) is 0. The Labute approximate surface area is 110 Å². The van der Waals surface area contributed by atoms with Gasteiger partial charge in [-0.05, 0) is 50.9 Å². The molecule has 0 radical (unpaired) electrons. The normalized spacial score (nSPS) is 19.6. The van der Waals surface area contributed by atoms with Gasteiger partial charge in [0.15, 0.2) is 0 Å². The lowest BCUT2D eigenvalue weighted by Crippen LogP contribution is -2.29. The SMILES string of the molecule is CCCNC(C)Cc1ccc2c(c1)NCC(C)O2. The van der Waals surface area contributed by atoms with Crippen molar-refractivity contribution in [2.75, 3.05) is 18.4 Å². The first-order chi connectivity index (χ1) is 8.69. The van der Waals surface area contributed by atoms with E-state index in [4.69, 9.17) is 4.74 Å². The Morgan fingerprint density at radius 2 is 2.33 bits per heavy atom. The van der Waals surface area contributed by atoms with E-state index in [1.165, 1.54) is 12.0 Å². The molecule has 3 heteroatoms. The minimum Gasteiger partial charge on any atom is -0.487 e. The van der Waals surface area contributed by atoms with E-state index in [0.717, 1.165) is 30.9 Å². The van der Waals surface area contributed by atoms with Crippen LogP contribution < -0.4 is 15.4 Å². The van der Waals surface area contributed by atoms with Crippen LogP contribution in [0, 0.1) is 0 Å². The van der Waals surface area contributed by atoms with Crippen LogP contribution in [0.2, 0.25) is 0 Å². The van der Waals surface area contributed by atoms with Crippen molar-refractivity contribution < 1.29 is 4.74 Å². The average Bonchev–Trinajstić information content (AvgIpc) is 2.36. The standard InChI is InChI=1S/C15H24N2O/c1-4-7-16-11(2)8-13-5-6-15-14(9-13)17-10-12(3)18-15/h5-6,9,11-12,16-17H,4,7-8,10H2,1-3H3. The molecule has 1 aliphatic rings. The predicted molar refractivity (Wildman–Crippen MR) is 76.5 cm³/mol. The van der Waals surface area contributed by atoms with Crippen molar-refractivity contribution in [1.29, 1.82) is 0 Å². The summed E-state index contributed by atoms with van der Waals surface area (Å²) in [7, 11) is 0. The highest BCUT2D eigenvalue weighted by Gasteiger charge is 2.15. The summed E-state index contributed by atoms with van der Waals surface area (Å²) in [5.74, 6) is 0.978. The van der Waals surface area contributed by atoms with E-state index >= 15 is 0 Å². The van der Waals surface area contributed by atoms with E-state index in [1.54, 1.807) is 0 Å². The van der Waals surface area contributed by atoms with Gasteiger partial charge in [-0.2, -0.15) is 0 Å². The second kappa shape index (κ2) is 6.10. The molecule has 100 valence electrons. The molecule has 3 nitrogen and oxygen atoms in total. The summed E-state index contributed by atoms with van der Waals surface area (Å²) in [5.41, 5.74) is 2.49. The topological polar surface area (TPSA) is 33.3 Å². The smallest absolute Gasteiger partial charge is 0.142 e. The Morgan fingerprint density at radius 3 is 3.11 bits per heavy atom. The van der Waals surface area contributed by atoms with Gasteiger partial charge in [-0.1, -0.05) is 13.0 Å². The maximum absolute atomic E-state index is 5.78. The van der Waals surface area contributed by atoms with Crippen LogP contribution in [0.25, 0.3) is 0 Å². The van der Waals surface area contributed by atoms with Crippen LogP contribution >= 0.6 is 0 Å². The Hall–Kier alpha value is -1.22. The summed E-state index contributed by atoms with van der Waals surface area (Å²) in [6.07, 6.45) is 2.50. The number of hydrogen-bond acceptors (Lipinski definition) is 3. The number of benzene rings is 1. The third kappa shape index (κ3) is 3.39. The zero-order valence-corrected chi connectivity index (χ0v) is 11.6. The number of anilines is 1. The van der Waals surface area contributed by atoms with Crippen LogP contribution in [0.1, 0.15) is 32.8 Å². The molecule has 1 aliphatic heterocycles. The average molecular weight is 248 g/mol. The molecule has 0 bridgehead atoms. The highest BCUT2D eigenvalue weighted by molar-refractivity contribution is 5.59. The highest BCUT2D eigenvalue weighted by atomic mass is 16.5. The molecule has 2 atom stereocenters. The lowest BCUT2D eigenvalue weighted by molar-refractivity contribution is 0.226. The third-order valence-electron chi connectivity index (χ3n) is 3.24. The fourth-order valence-electron chi connectivity index (χ4n) is 2.27.